The standard InChI is InChI=1S/C16H19NO4S/c1-4-20-12-6-5-11(7-13(12)21-9-10(2)3)8-14-15(18)17-16(19)22-14/h5-8,10H,4,9H2,1-3H3,(H,17,18,19)/b14-8-. The highest BCUT2D eigenvalue weighted by molar-refractivity contribution is 8.18. The summed E-state index contributed by atoms with van der Waals surface area (Å²) >= 11 is 0.897. The summed E-state index contributed by atoms with van der Waals surface area (Å²) in [6.07, 6.45) is 1.67. The van der Waals surface area contributed by atoms with Gasteiger partial charge in [-0.15, -0.1) is 0 Å². The Morgan fingerprint density at radius 2 is 2.00 bits per heavy atom. The van der Waals surface area contributed by atoms with E-state index in [2.05, 4.69) is 19.2 Å². The Morgan fingerprint density at radius 3 is 2.59 bits per heavy atom. The van der Waals surface area contributed by atoms with E-state index < -0.39 is 0 Å². The summed E-state index contributed by atoms with van der Waals surface area (Å²) in [4.78, 5) is 23.1. The van der Waals surface area contributed by atoms with Crippen LogP contribution >= 0.6 is 11.8 Å². The van der Waals surface area contributed by atoms with Gasteiger partial charge >= 0.3 is 0 Å². The summed E-state index contributed by atoms with van der Waals surface area (Å²) in [5, 5.41) is 1.89. The first-order chi connectivity index (χ1) is 10.5. The van der Waals surface area contributed by atoms with E-state index in [0.29, 0.717) is 35.5 Å². The molecule has 0 radical (unpaired) electrons. The van der Waals surface area contributed by atoms with Crippen LogP contribution in [0.2, 0.25) is 0 Å². The minimum Gasteiger partial charge on any atom is -0.490 e. The number of carbonyl (C=O) groups is 2. The van der Waals surface area contributed by atoms with Crippen molar-refractivity contribution in [2.75, 3.05) is 13.2 Å². The van der Waals surface area contributed by atoms with Gasteiger partial charge in [-0.3, -0.25) is 14.9 Å². The predicted octanol–water partition coefficient (Wildman–Crippen LogP) is 3.44. The van der Waals surface area contributed by atoms with Gasteiger partial charge in [-0.2, -0.15) is 0 Å². The van der Waals surface area contributed by atoms with Crippen LogP contribution in [0.5, 0.6) is 11.5 Å². The largest absolute Gasteiger partial charge is 0.490 e. The van der Waals surface area contributed by atoms with Crippen molar-refractivity contribution in [2.45, 2.75) is 20.8 Å². The average Bonchev–Trinajstić information content (AvgIpc) is 2.77. The number of ether oxygens (including phenoxy) is 2. The van der Waals surface area contributed by atoms with Crippen LogP contribution in [0.25, 0.3) is 6.08 Å². The van der Waals surface area contributed by atoms with Gasteiger partial charge in [0.15, 0.2) is 11.5 Å². The van der Waals surface area contributed by atoms with Crippen LogP contribution < -0.4 is 14.8 Å². The van der Waals surface area contributed by atoms with Crippen molar-refractivity contribution in [1.29, 1.82) is 0 Å². The summed E-state index contributed by atoms with van der Waals surface area (Å²) in [5.74, 6) is 1.34. The SMILES string of the molecule is CCOc1ccc(/C=C2\SC(=O)NC2=O)cc1OCC(C)C. The Bertz CT molecular complexity index is 610. The van der Waals surface area contributed by atoms with E-state index in [4.69, 9.17) is 9.47 Å². The number of hydrogen-bond acceptors (Lipinski definition) is 5. The van der Waals surface area contributed by atoms with Crippen molar-refractivity contribution in [1.82, 2.24) is 5.32 Å². The molecule has 22 heavy (non-hydrogen) atoms. The molecule has 0 bridgehead atoms. The number of benzene rings is 1. The molecule has 1 aliphatic rings. The first-order valence-corrected chi connectivity index (χ1v) is 7.95. The van der Waals surface area contributed by atoms with Gasteiger partial charge < -0.3 is 9.47 Å². The monoisotopic (exact) mass is 321 g/mol. The molecule has 1 heterocycles. The van der Waals surface area contributed by atoms with Crippen molar-refractivity contribution in [3.8, 4) is 11.5 Å². The van der Waals surface area contributed by atoms with E-state index >= 15 is 0 Å². The fraction of sp³-hybridized carbons (Fsp3) is 0.375. The molecule has 1 aromatic carbocycles. The lowest BCUT2D eigenvalue weighted by atomic mass is 10.1. The smallest absolute Gasteiger partial charge is 0.290 e. The maximum atomic E-state index is 11.6. The fourth-order valence-corrected chi connectivity index (χ4v) is 2.51. The summed E-state index contributed by atoms with van der Waals surface area (Å²) in [5.41, 5.74) is 0.787. The third-order valence-corrected chi connectivity index (χ3v) is 3.59. The molecule has 5 nitrogen and oxygen atoms in total. The summed E-state index contributed by atoms with van der Waals surface area (Å²) < 4.78 is 11.3. The lowest BCUT2D eigenvalue weighted by Crippen LogP contribution is -2.17. The van der Waals surface area contributed by atoms with Gasteiger partial charge in [-0.05, 0) is 48.4 Å². The Hall–Kier alpha value is -1.95. The van der Waals surface area contributed by atoms with Crippen LogP contribution in [0, 0.1) is 5.92 Å². The number of carbonyl (C=O) groups excluding carboxylic acids is 2. The molecule has 1 fully saturated rings. The number of amides is 2. The predicted molar refractivity (Wildman–Crippen MR) is 87.1 cm³/mol. The maximum absolute atomic E-state index is 11.6. The molecule has 1 aromatic rings. The summed E-state index contributed by atoms with van der Waals surface area (Å²) in [6, 6.07) is 5.46. The zero-order valence-corrected chi connectivity index (χ0v) is 13.7. The second-order valence-electron chi connectivity index (χ2n) is 5.20. The molecule has 1 N–H and O–H groups in total. The molecule has 0 aromatic heterocycles. The molecule has 0 unspecified atom stereocenters. The molecule has 0 atom stereocenters. The quantitative estimate of drug-likeness (QED) is 0.813. The van der Waals surface area contributed by atoms with Gasteiger partial charge in [0.05, 0.1) is 18.1 Å². The molecular weight excluding hydrogens is 302 g/mol. The van der Waals surface area contributed by atoms with Gasteiger partial charge in [-0.25, -0.2) is 0 Å². The van der Waals surface area contributed by atoms with Crippen LogP contribution in [0.1, 0.15) is 26.3 Å². The van der Waals surface area contributed by atoms with E-state index in [-0.39, 0.29) is 11.1 Å². The molecule has 2 amide bonds. The Labute approximate surface area is 134 Å². The van der Waals surface area contributed by atoms with Crippen molar-refractivity contribution in [3.05, 3.63) is 28.7 Å². The van der Waals surface area contributed by atoms with Gasteiger partial charge in [-0.1, -0.05) is 19.9 Å². The lowest BCUT2D eigenvalue weighted by molar-refractivity contribution is -0.115. The zero-order valence-electron chi connectivity index (χ0n) is 12.8. The van der Waals surface area contributed by atoms with Gasteiger partial charge in [0.1, 0.15) is 0 Å². The van der Waals surface area contributed by atoms with Crippen molar-refractivity contribution < 1.29 is 19.1 Å². The van der Waals surface area contributed by atoms with Crippen LogP contribution in [0.3, 0.4) is 0 Å². The van der Waals surface area contributed by atoms with Crippen molar-refractivity contribution in [3.63, 3.8) is 0 Å². The van der Waals surface area contributed by atoms with Crippen LogP contribution in [0.4, 0.5) is 4.79 Å². The Balaban J connectivity index is 2.25. The molecule has 0 aliphatic carbocycles. The van der Waals surface area contributed by atoms with Crippen molar-refractivity contribution in [2.24, 2.45) is 5.92 Å². The highest BCUT2D eigenvalue weighted by Crippen LogP contribution is 2.32. The Morgan fingerprint density at radius 1 is 1.23 bits per heavy atom. The highest BCUT2D eigenvalue weighted by atomic mass is 32.2. The van der Waals surface area contributed by atoms with Gasteiger partial charge in [0.2, 0.25) is 0 Å². The molecular formula is C16H19NO4S. The highest BCUT2D eigenvalue weighted by Gasteiger charge is 2.25. The minimum atomic E-state index is -0.367. The second-order valence-corrected chi connectivity index (χ2v) is 6.21. The molecule has 0 saturated carbocycles. The molecule has 1 saturated heterocycles. The normalized spacial score (nSPS) is 16.3. The van der Waals surface area contributed by atoms with Crippen LogP contribution in [-0.2, 0) is 4.79 Å². The number of thioether (sulfide) groups is 1. The maximum Gasteiger partial charge on any atom is 0.290 e. The third-order valence-electron chi connectivity index (χ3n) is 2.78. The summed E-state index contributed by atoms with van der Waals surface area (Å²) in [6.45, 7) is 7.17. The second kappa shape index (κ2) is 7.35. The van der Waals surface area contributed by atoms with Gasteiger partial charge in [0, 0.05) is 0 Å². The van der Waals surface area contributed by atoms with Gasteiger partial charge in [0.25, 0.3) is 11.1 Å². The number of hydrogen-bond donors (Lipinski definition) is 1. The third kappa shape index (κ3) is 4.27. The van der Waals surface area contributed by atoms with Crippen molar-refractivity contribution >= 4 is 29.0 Å². The van der Waals surface area contributed by atoms with E-state index in [1.54, 1.807) is 6.08 Å². The van der Waals surface area contributed by atoms with E-state index in [0.717, 1.165) is 17.3 Å². The van der Waals surface area contributed by atoms with E-state index in [1.807, 2.05) is 25.1 Å². The number of nitrogens with one attached hydrogen (secondary N) is 1. The first kappa shape index (κ1) is 16.4. The number of imide groups is 1. The lowest BCUT2D eigenvalue weighted by Gasteiger charge is -2.14. The average molecular weight is 321 g/mol. The fourth-order valence-electron chi connectivity index (χ4n) is 1.83. The Kier molecular flexibility index (Phi) is 5.49. The van der Waals surface area contributed by atoms with Crippen LogP contribution in [0.15, 0.2) is 23.1 Å². The zero-order chi connectivity index (χ0) is 16.1. The van der Waals surface area contributed by atoms with E-state index in [1.165, 1.54) is 0 Å². The number of rotatable bonds is 6. The molecule has 2 rings (SSSR count). The minimum absolute atomic E-state index is 0.349. The first-order valence-electron chi connectivity index (χ1n) is 7.14. The molecule has 0 spiro atoms. The topological polar surface area (TPSA) is 64.6 Å². The molecule has 1 aliphatic heterocycles. The van der Waals surface area contributed by atoms with E-state index in [9.17, 15) is 9.59 Å². The molecule has 118 valence electrons. The van der Waals surface area contributed by atoms with Crippen LogP contribution in [-0.4, -0.2) is 24.4 Å². The summed E-state index contributed by atoms with van der Waals surface area (Å²) in [7, 11) is 0. The molecule has 6 heteroatoms.